The molecule has 1 heterocycles. The second-order valence-electron chi connectivity index (χ2n) is 4.31. The molecule has 4 nitrogen and oxygen atoms in total. The lowest BCUT2D eigenvalue weighted by Crippen LogP contribution is -2.47. The Hall–Kier alpha value is -1.16. The van der Waals surface area contributed by atoms with Gasteiger partial charge < -0.3 is 10.3 Å². The molecule has 1 unspecified atom stereocenters. The van der Waals surface area contributed by atoms with Crippen molar-refractivity contribution in [3.8, 4) is 0 Å². The third kappa shape index (κ3) is 1.46. The van der Waals surface area contributed by atoms with Gasteiger partial charge in [-0.25, -0.2) is 4.98 Å². The van der Waals surface area contributed by atoms with Crippen molar-refractivity contribution in [2.45, 2.75) is 25.3 Å². The monoisotopic (exact) mass is 193 g/mol. The highest BCUT2D eigenvalue weighted by molar-refractivity contribution is 6.01. The number of ketones is 1. The van der Waals surface area contributed by atoms with Gasteiger partial charge in [-0.2, -0.15) is 0 Å². The van der Waals surface area contributed by atoms with Crippen LogP contribution in [0, 0.1) is 5.92 Å². The molecule has 0 spiro atoms. The Morgan fingerprint density at radius 1 is 1.71 bits per heavy atom. The molecule has 1 aliphatic carbocycles. The molecule has 76 valence electrons. The van der Waals surface area contributed by atoms with Gasteiger partial charge in [0.2, 0.25) is 5.78 Å². The molecule has 0 radical (unpaired) electrons. The molecule has 0 amide bonds. The van der Waals surface area contributed by atoms with E-state index in [4.69, 9.17) is 5.73 Å². The van der Waals surface area contributed by atoms with Crippen LogP contribution in [-0.4, -0.2) is 20.9 Å². The minimum atomic E-state index is -0.728. The molecule has 14 heavy (non-hydrogen) atoms. The van der Waals surface area contributed by atoms with Crippen molar-refractivity contribution >= 4 is 5.78 Å². The standard InChI is InChI=1S/C10H15N3O/c1-10(11,7-3-4-7)9(14)8-5-13(2)6-12-8/h5-7H,3-4,11H2,1-2H3. The van der Waals surface area contributed by atoms with Crippen molar-refractivity contribution < 1.29 is 4.79 Å². The zero-order chi connectivity index (χ0) is 10.3. The summed E-state index contributed by atoms with van der Waals surface area (Å²) in [6, 6.07) is 0. The lowest BCUT2D eigenvalue weighted by atomic mass is 9.90. The van der Waals surface area contributed by atoms with Crippen molar-refractivity contribution in [2.75, 3.05) is 0 Å². The third-order valence-electron chi connectivity index (χ3n) is 2.85. The van der Waals surface area contributed by atoms with Gasteiger partial charge in [0, 0.05) is 13.2 Å². The zero-order valence-electron chi connectivity index (χ0n) is 8.53. The number of hydrogen-bond donors (Lipinski definition) is 1. The van der Waals surface area contributed by atoms with E-state index < -0.39 is 5.54 Å². The van der Waals surface area contributed by atoms with E-state index in [0.29, 0.717) is 11.6 Å². The molecule has 4 heteroatoms. The van der Waals surface area contributed by atoms with Crippen LogP contribution < -0.4 is 5.73 Å². The fourth-order valence-corrected chi connectivity index (χ4v) is 1.67. The second-order valence-corrected chi connectivity index (χ2v) is 4.31. The van der Waals surface area contributed by atoms with Gasteiger partial charge >= 0.3 is 0 Å². The SMILES string of the molecule is Cn1cnc(C(=O)C(C)(N)C2CC2)c1. The summed E-state index contributed by atoms with van der Waals surface area (Å²) in [5, 5.41) is 0. The van der Waals surface area contributed by atoms with Crippen molar-refractivity contribution in [1.82, 2.24) is 9.55 Å². The van der Waals surface area contributed by atoms with E-state index in [1.807, 2.05) is 14.0 Å². The van der Waals surface area contributed by atoms with Gasteiger partial charge in [-0.05, 0) is 25.7 Å². The summed E-state index contributed by atoms with van der Waals surface area (Å²) >= 11 is 0. The van der Waals surface area contributed by atoms with Crippen LogP contribution in [0.2, 0.25) is 0 Å². The first-order valence-corrected chi connectivity index (χ1v) is 4.83. The van der Waals surface area contributed by atoms with Crippen molar-refractivity contribution in [3.05, 3.63) is 18.2 Å². The Morgan fingerprint density at radius 2 is 2.36 bits per heavy atom. The van der Waals surface area contributed by atoms with E-state index in [9.17, 15) is 4.79 Å². The van der Waals surface area contributed by atoms with Gasteiger partial charge in [0.05, 0.1) is 11.9 Å². The summed E-state index contributed by atoms with van der Waals surface area (Å²) in [5.41, 5.74) is 5.76. The summed E-state index contributed by atoms with van der Waals surface area (Å²) in [5.74, 6) is 0.303. The maximum atomic E-state index is 12.0. The molecular weight excluding hydrogens is 178 g/mol. The quantitative estimate of drug-likeness (QED) is 0.720. The average molecular weight is 193 g/mol. The van der Waals surface area contributed by atoms with Crippen LogP contribution in [0.15, 0.2) is 12.5 Å². The van der Waals surface area contributed by atoms with Gasteiger partial charge in [0.25, 0.3) is 0 Å². The maximum Gasteiger partial charge on any atom is 0.202 e. The average Bonchev–Trinajstić information content (AvgIpc) is 2.89. The van der Waals surface area contributed by atoms with Gasteiger partial charge in [-0.3, -0.25) is 4.79 Å². The van der Waals surface area contributed by atoms with Crippen molar-refractivity contribution in [3.63, 3.8) is 0 Å². The second kappa shape index (κ2) is 2.92. The van der Waals surface area contributed by atoms with Gasteiger partial charge in [-0.1, -0.05) is 0 Å². The van der Waals surface area contributed by atoms with E-state index >= 15 is 0 Å². The molecule has 1 aliphatic rings. The third-order valence-corrected chi connectivity index (χ3v) is 2.85. The van der Waals surface area contributed by atoms with Gasteiger partial charge in [0.15, 0.2) is 0 Å². The lowest BCUT2D eigenvalue weighted by Gasteiger charge is -2.21. The topological polar surface area (TPSA) is 60.9 Å². The number of carbonyl (C=O) groups excluding carboxylic acids is 1. The van der Waals surface area contributed by atoms with E-state index in [1.165, 1.54) is 0 Å². The van der Waals surface area contributed by atoms with Crippen molar-refractivity contribution in [2.24, 2.45) is 18.7 Å². The number of nitrogens with two attached hydrogens (primary N) is 1. The lowest BCUT2D eigenvalue weighted by molar-refractivity contribution is 0.0878. The first-order chi connectivity index (χ1) is 6.51. The van der Waals surface area contributed by atoms with Gasteiger partial charge in [0.1, 0.15) is 5.69 Å². The highest BCUT2D eigenvalue weighted by Crippen LogP contribution is 2.39. The number of imidazole rings is 1. The Labute approximate surface area is 83.1 Å². The van der Waals surface area contributed by atoms with E-state index in [2.05, 4.69) is 4.98 Å². The van der Waals surface area contributed by atoms with Crippen LogP contribution in [0.25, 0.3) is 0 Å². The fourth-order valence-electron chi connectivity index (χ4n) is 1.67. The molecule has 1 aromatic heterocycles. The first-order valence-electron chi connectivity index (χ1n) is 4.83. The van der Waals surface area contributed by atoms with E-state index in [1.54, 1.807) is 17.1 Å². The Kier molecular flexibility index (Phi) is 1.96. The molecule has 1 atom stereocenters. The van der Waals surface area contributed by atoms with Crippen LogP contribution >= 0.6 is 0 Å². The molecular formula is C10H15N3O. The highest BCUT2D eigenvalue weighted by atomic mass is 16.1. The van der Waals surface area contributed by atoms with Crippen LogP contribution in [0.4, 0.5) is 0 Å². The molecule has 1 fully saturated rings. The highest BCUT2D eigenvalue weighted by Gasteiger charge is 2.44. The molecule has 0 saturated heterocycles. The number of rotatable bonds is 3. The molecule has 0 bridgehead atoms. The normalized spacial score (nSPS) is 20.5. The minimum Gasteiger partial charge on any atom is -0.340 e. The molecule has 2 N–H and O–H groups in total. The molecule has 2 rings (SSSR count). The van der Waals surface area contributed by atoms with E-state index in [0.717, 1.165) is 12.8 Å². The number of nitrogens with zero attached hydrogens (tertiary/aromatic N) is 2. The zero-order valence-corrected chi connectivity index (χ0v) is 8.53. The summed E-state index contributed by atoms with van der Waals surface area (Å²) < 4.78 is 1.76. The summed E-state index contributed by atoms with van der Waals surface area (Å²) in [7, 11) is 1.84. The molecule has 0 aromatic carbocycles. The minimum absolute atomic E-state index is 0.0411. The van der Waals surface area contributed by atoms with Gasteiger partial charge in [-0.15, -0.1) is 0 Å². The number of Topliss-reactive ketones (excluding diaryl/α,β-unsaturated/α-hetero) is 1. The maximum absolute atomic E-state index is 12.0. The Balaban J connectivity index is 2.22. The number of hydrogen-bond acceptors (Lipinski definition) is 3. The van der Waals surface area contributed by atoms with Crippen LogP contribution in [0.3, 0.4) is 0 Å². The predicted octanol–water partition coefficient (Wildman–Crippen LogP) is 0.730. The van der Waals surface area contributed by atoms with Crippen LogP contribution in [0.1, 0.15) is 30.3 Å². The Morgan fingerprint density at radius 3 is 2.79 bits per heavy atom. The molecule has 1 aromatic rings. The number of carbonyl (C=O) groups is 1. The number of aromatic nitrogens is 2. The first kappa shape index (κ1) is 9.40. The molecule has 1 saturated carbocycles. The largest absolute Gasteiger partial charge is 0.340 e. The van der Waals surface area contributed by atoms with E-state index in [-0.39, 0.29) is 5.78 Å². The fraction of sp³-hybridized carbons (Fsp3) is 0.600. The predicted molar refractivity (Wildman–Crippen MR) is 52.9 cm³/mol. The Bertz CT molecular complexity index is 363. The smallest absolute Gasteiger partial charge is 0.202 e. The summed E-state index contributed by atoms with van der Waals surface area (Å²) in [6.45, 7) is 1.81. The van der Waals surface area contributed by atoms with Crippen LogP contribution in [0.5, 0.6) is 0 Å². The molecule has 0 aliphatic heterocycles. The number of aryl methyl sites for hydroxylation is 1. The van der Waals surface area contributed by atoms with Crippen molar-refractivity contribution in [1.29, 1.82) is 0 Å². The summed E-state index contributed by atoms with van der Waals surface area (Å²) in [6.07, 6.45) is 5.46. The summed E-state index contributed by atoms with van der Waals surface area (Å²) in [4.78, 5) is 16.0. The van der Waals surface area contributed by atoms with Crippen LogP contribution in [-0.2, 0) is 7.05 Å².